The second-order valence-electron chi connectivity index (χ2n) is 3.96. The van der Waals surface area contributed by atoms with Crippen LogP contribution in [0.4, 0.5) is 0 Å². The van der Waals surface area contributed by atoms with Crippen molar-refractivity contribution in [1.82, 2.24) is 20.5 Å². The molecule has 1 aromatic rings. The van der Waals surface area contributed by atoms with Gasteiger partial charge in [-0.25, -0.2) is 9.89 Å². The van der Waals surface area contributed by atoms with Gasteiger partial charge in [0.25, 0.3) is 5.56 Å². The lowest BCUT2D eigenvalue weighted by Gasteiger charge is -2.13. The molecule has 0 bridgehead atoms. The average Bonchev–Trinajstić information content (AvgIpc) is 2.42. The first-order chi connectivity index (χ1) is 9.58. The number of hydrogen-bond donors (Lipinski definition) is 3. The van der Waals surface area contributed by atoms with Gasteiger partial charge >= 0.3 is 5.69 Å². The molecule has 1 rings (SSSR count). The Bertz CT molecular complexity index is 542. The van der Waals surface area contributed by atoms with Crippen LogP contribution < -0.4 is 16.6 Å². The number of H-pyrrole nitrogens is 2. The molecule has 0 radical (unpaired) electrons. The van der Waals surface area contributed by atoms with E-state index in [9.17, 15) is 14.4 Å². The summed E-state index contributed by atoms with van der Waals surface area (Å²) in [6.45, 7) is 2.93. The summed E-state index contributed by atoms with van der Waals surface area (Å²) in [6, 6.07) is 0. The summed E-state index contributed by atoms with van der Waals surface area (Å²) in [5, 5.41) is 8.19. The second-order valence-corrected chi connectivity index (χ2v) is 5.16. The van der Waals surface area contributed by atoms with Gasteiger partial charge in [-0.05, 0) is 12.8 Å². The average molecular weight is 302 g/mol. The van der Waals surface area contributed by atoms with Crippen molar-refractivity contribution in [1.29, 1.82) is 0 Å². The van der Waals surface area contributed by atoms with Gasteiger partial charge in [-0.2, -0.15) is 5.10 Å². The van der Waals surface area contributed by atoms with E-state index in [2.05, 4.69) is 20.5 Å². The van der Waals surface area contributed by atoms with Crippen molar-refractivity contribution >= 4 is 17.7 Å². The number of ether oxygens (including phenoxy) is 1. The van der Waals surface area contributed by atoms with Gasteiger partial charge in [-0.15, -0.1) is 0 Å². The van der Waals surface area contributed by atoms with Gasteiger partial charge < -0.3 is 10.1 Å². The normalized spacial score (nSPS) is 12.1. The van der Waals surface area contributed by atoms with Crippen LogP contribution >= 0.6 is 11.8 Å². The number of amides is 1. The molecule has 0 aliphatic rings. The van der Waals surface area contributed by atoms with Gasteiger partial charge in [0.05, 0.1) is 5.25 Å². The third-order valence-electron chi connectivity index (χ3n) is 2.42. The highest BCUT2D eigenvalue weighted by molar-refractivity contribution is 8.00. The van der Waals surface area contributed by atoms with E-state index in [-0.39, 0.29) is 10.9 Å². The molecular weight excluding hydrogens is 284 g/mol. The molecule has 0 aromatic carbocycles. The van der Waals surface area contributed by atoms with Crippen LogP contribution in [0.2, 0.25) is 0 Å². The molecule has 1 heterocycles. The molecule has 0 aliphatic heterocycles. The Hall–Kier alpha value is -1.61. The number of aromatic amines is 2. The van der Waals surface area contributed by atoms with Crippen LogP contribution in [-0.2, 0) is 9.53 Å². The van der Waals surface area contributed by atoms with Gasteiger partial charge in [0.2, 0.25) is 5.91 Å². The summed E-state index contributed by atoms with van der Waals surface area (Å²) in [6.07, 6.45) is 1.27. The maximum atomic E-state index is 11.9. The molecule has 112 valence electrons. The minimum Gasteiger partial charge on any atom is -0.385 e. The fourth-order valence-corrected chi connectivity index (χ4v) is 2.30. The quantitative estimate of drug-likeness (QED) is 0.439. The molecule has 8 nitrogen and oxygen atoms in total. The van der Waals surface area contributed by atoms with Crippen LogP contribution in [0.25, 0.3) is 0 Å². The second kappa shape index (κ2) is 8.54. The Labute approximate surface area is 119 Å². The zero-order valence-corrected chi connectivity index (χ0v) is 12.2. The van der Waals surface area contributed by atoms with Crippen molar-refractivity contribution in [3.05, 3.63) is 20.8 Å². The van der Waals surface area contributed by atoms with Crippen LogP contribution in [0.1, 0.15) is 19.8 Å². The zero-order chi connectivity index (χ0) is 15.0. The van der Waals surface area contributed by atoms with Crippen molar-refractivity contribution in [2.45, 2.75) is 30.0 Å². The Morgan fingerprint density at radius 1 is 1.50 bits per heavy atom. The molecule has 20 heavy (non-hydrogen) atoms. The molecule has 0 aliphatic carbocycles. The molecule has 1 aromatic heterocycles. The summed E-state index contributed by atoms with van der Waals surface area (Å²) >= 11 is 1.03. The van der Waals surface area contributed by atoms with E-state index < -0.39 is 16.5 Å². The number of methoxy groups -OCH3 is 1. The number of aromatic nitrogens is 3. The van der Waals surface area contributed by atoms with E-state index in [0.717, 1.165) is 18.2 Å². The highest BCUT2D eigenvalue weighted by Crippen LogP contribution is 2.19. The van der Waals surface area contributed by atoms with Crippen LogP contribution in [0.5, 0.6) is 0 Å². The fraction of sp³-hybridized carbons (Fsp3) is 0.636. The molecule has 9 heteroatoms. The first-order valence-electron chi connectivity index (χ1n) is 6.20. The number of carbonyl (C=O) groups excluding carboxylic acids is 1. The molecule has 1 amide bonds. The summed E-state index contributed by atoms with van der Waals surface area (Å²) in [5.41, 5.74) is -1.26. The topological polar surface area (TPSA) is 117 Å². The molecule has 3 N–H and O–H groups in total. The van der Waals surface area contributed by atoms with Crippen molar-refractivity contribution in [2.75, 3.05) is 20.3 Å². The number of hydrogen-bond acceptors (Lipinski definition) is 6. The number of nitrogens with one attached hydrogen (secondary N) is 3. The Morgan fingerprint density at radius 2 is 2.25 bits per heavy atom. The lowest BCUT2D eigenvalue weighted by atomic mass is 10.3. The maximum Gasteiger partial charge on any atom is 0.342 e. The molecule has 0 fully saturated rings. The highest BCUT2D eigenvalue weighted by atomic mass is 32.2. The Morgan fingerprint density at radius 3 is 2.85 bits per heavy atom. The lowest BCUT2D eigenvalue weighted by molar-refractivity contribution is -0.120. The molecule has 0 saturated heterocycles. The van der Waals surface area contributed by atoms with Crippen molar-refractivity contribution in [3.8, 4) is 0 Å². The van der Waals surface area contributed by atoms with Crippen molar-refractivity contribution < 1.29 is 9.53 Å². The van der Waals surface area contributed by atoms with Gasteiger partial charge in [-0.3, -0.25) is 14.6 Å². The highest BCUT2D eigenvalue weighted by Gasteiger charge is 2.20. The third-order valence-corrected chi connectivity index (χ3v) is 3.75. The van der Waals surface area contributed by atoms with Crippen LogP contribution in [0.15, 0.2) is 14.6 Å². The third kappa shape index (κ3) is 5.17. The minimum absolute atomic E-state index is 0.0727. The number of thioether (sulfide) groups is 1. The van der Waals surface area contributed by atoms with Crippen molar-refractivity contribution in [3.63, 3.8) is 0 Å². The predicted molar refractivity (Wildman–Crippen MR) is 74.9 cm³/mol. The first-order valence-corrected chi connectivity index (χ1v) is 7.08. The largest absolute Gasteiger partial charge is 0.385 e. The Kier molecular flexibility index (Phi) is 7.02. The fourth-order valence-electron chi connectivity index (χ4n) is 1.42. The van der Waals surface area contributed by atoms with E-state index in [1.54, 1.807) is 7.11 Å². The van der Waals surface area contributed by atoms with Crippen molar-refractivity contribution in [2.24, 2.45) is 0 Å². The van der Waals surface area contributed by atoms with E-state index in [4.69, 9.17) is 4.74 Å². The molecule has 1 atom stereocenters. The maximum absolute atomic E-state index is 11.9. The summed E-state index contributed by atoms with van der Waals surface area (Å²) in [7, 11) is 1.60. The van der Waals surface area contributed by atoms with Gasteiger partial charge in [-0.1, -0.05) is 18.7 Å². The van der Waals surface area contributed by atoms with E-state index >= 15 is 0 Å². The lowest BCUT2D eigenvalue weighted by Crippen LogP contribution is -2.34. The van der Waals surface area contributed by atoms with E-state index in [1.807, 2.05) is 6.92 Å². The van der Waals surface area contributed by atoms with Crippen LogP contribution in [0, 0.1) is 0 Å². The monoisotopic (exact) mass is 302 g/mol. The Balaban J connectivity index is 2.59. The van der Waals surface area contributed by atoms with Gasteiger partial charge in [0.1, 0.15) is 0 Å². The number of carbonyl (C=O) groups is 1. The van der Waals surface area contributed by atoms with Crippen LogP contribution in [0.3, 0.4) is 0 Å². The SMILES string of the molecule is CC[C@H](Sc1n[nH]c(=O)[nH]c1=O)C(=O)NCCCOC. The summed E-state index contributed by atoms with van der Waals surface area (Å²) in [5.74, 6) is -0.166. The minimum atomic E-state index is -0.670. The first kappa shape index (κ1) is 16.4. The van der Waals surface area contributed by atoms with Crippen LogP contribution in [-0.4, -0.2) is 46.6 Å². The van der Waals surface area contributed by atoms with Gasteiger partial charge in [0, 0.05) is 20.3 Å². The van der Waals surface area contributed by atoms with Gasteiger partial charge in [0.15, 0.2) is 5.03 Å². The summed E-state index contributed by atoms with van der Waals surface area (Å²) in [4.78, 5) is 36.4. The summed E-state index contributed by atoms with van der Waals surface area (Å²) < 4.78 is 4.89. The smallest absolute Gasteiger partial charge is 0.342 e. The molecule has 0 spiro atoms. The molecular formula is C11H18N4O4S. The predicted octanol–water partition coefficient (Wildman–Crippen LogP) is -0.518. The standard InChI is InChI=1S/C11H18N4O4S/c1-3-7(8(16)12-5-4-6-19-2)20-10-9(17)13-11(18)15-14-10/h7H,3-6H2,1-2H3,(H,12,16)(H2,13,15,17,18)/t7-/m0/s1. The van der Waals surface area contributed by atoms with E-state index in [0.29, 0.717) is 19.6 Å². The number of rotatable bonds is 8. The number of nitrogens with zero attached hydrogens (tertiary/aromatic N) is 1. The molecule has 0 unspecified atom stereocenters. The molecule has 0 saturated carbocycles. The van der Waals surface area contributed by atoms with E-state index in [1.165, 1.54) is 0 Å². The zero-order valence-electron chi connectivity index (χ0n) is 11.4.